The molecule has 3 amide bonds. The van der Waals surface area contributed by atoms with Gasteiger partial charge in [-0.2, -0.15) is 0 Å². The number of fused-ring (bicyclic) bond motifs is 1. The lowest BCUT2D eigenvalue weighted by atomic mass is 10.00. The highest BCUT2D eigenvalue weighted by atomic mass is 35.5. The molecule has 9 heteroatoms. The highest BCUT2D eigenvalue weighted by molar-refractivity contribution is 7.10. The van der Waals surface area contributed by atoms with E-state index in [9.17, 15) is 9.59 Å². The summed E-state index contributed by atoms with van der Waals surface area (Å²) in [7, 11) is 1.57. The third-order valence-electron chi connectivity index (χ3n) is 6.62. The maximum absolute atomic E-state index is 13.6. The number of hydrogen-bond donors (Lipinski definition) is 1. The van der Waals surface area contributed by atoms with Gasteiger partial charge in [0.25, 0.3) is 0 Å². The second-order valence-corrected chi connectivity index (χ2v) is 11.0. The first-order valence-electron chi connectivity index (χ1n) is 12.7. The van der Waals surface area contributed by atoms with Crippen LogP contribution >= 0.6 is 22.9 Å². The lowest BCUT2D eigenvalue weighted by molar-refractivity contribution is -0.135. The van der Waals surface area contributed by atoms with Crippen LogP contribution in [0.25, 0.3) is 0 Å². The lowest BCUT2D eigenvalue weighted by Gasteiger charge is -2.37. The Bertz CT molecular complexity index is 1230. The number of benzene rings is 2. The summed E-state index contributed by atoms with van der Waals surface area (Å²) in [5.41, 5.74) is 2.92. The zero-order chi connectivity index (χ0) is 27.1. The largest absolute Gasteiger partial charge is 0.491 e. The molecular formula is C29H34ClN3O4S. The first-order chi connectivity index (χ1) is 18.4. The van der Waals surface area contributed by atoms with E-state index in [0.717, 1.165) is 17.7 Å². The number of nitrogens with zero attached hydrogens (tertiary/aromatic N) is 2. The van der Waals surface area contributed by atoms with E-state index in [-0.39, 0.29) is 31.1 Å². The van der Waals surface area contributed by atoms with Crippen molar-refractivity contribution in [3.8, 4) is 5.75 Å². The fourth-order valence-corrected chi connectivity index (χ4v) is 5.59. The minimum atomic E-state index is -0.385. The highest BCUT2D eigenvalue weighted by Gasteiger charge is 2.33. The topological polar surface area (TPSA) is 71.1 Å². The van der Waals surface area contributed by atoms with E-state index in [1.807, 2.05) is 17.0 Å². The number of rotatable bonds is 10. The highest BCUT2D eigenvalue weighted by Crippen LogP contribution is 2.34. The van der Waals surface area contributed by atoms with Crippen LogP contribution in [0.5, 0.6) is 5.75 Å². The number of anilines is 1. The number of thiophene rings is 1. The molecule has 1 unspecified atom stereocenters. The Morgan fingerprint density at radius 3 is 2.68 bits per heavy atom. The summed E-state index contributed by atoms with van der Waals surface area (Å²) in [6.45, 7) is 5.73. The average Bonchev–Trinajstić information content (AvgIpc) is 3.39. The molecule has 1 aromatic heterocycles. The Morgan fingerprint density at radius 2 is 1.97 bits per heavy atom. The third kappa shape index (κ3) is 7.07. The van der Waals surface area contributed by atoms with Gasteiger partial charge < -0.3 is 24.6 Å². The number of ether oxygens (including phenoxy) is 2. The smallest absolute Gasteiger partial charge is 0.322 e. The third-order valence-corrected chi connectivity index (χ3v) is 7.86. The van der Waals surface area contributed by atoms with Crippen molar-refractivity contribution in [2.24, 2.45) is 0 Å². The van der Waals surface area contributed by atoms with Gasteiger partial charge in [-0.05, 0) is 65.2 Å². The Morgan fingerprint density at radius 1 is 1.18 bits per heavy atom. The van der Waals surface area contributed by atoms with Gasteiger partial charge >= 0.3 is 6.03 Å². The molecule has 1 aliphatic rings. The molecule has 0 saturated heterocycles. The molecule has 1 aliphatic heterocycles. The molecule has 2 aromatic carbocycles. The summed E-state index contributed by atoms with van der Waals surface area (Å²) in [6.07, 6.45) is 0.783. The number of methoxy groups -OCH3 is 1. The zero-order valence-electron chi connectivity index (χ0n) is 22.0. The van der Waals surface area contributed by atoms with E-state index in [4.69, 9.17) is 21.1 Å². The SMILES string of the molecule is COCCN(CC(=O)N1CCc2sccc2C1COc1ccc(C(C)C)cc1)C(=O)Nc1cccc(Cl)c1. The van der Waals surface area contributed by atoms with Crippen molar-refractivity contribution in [2.75, 3.05) is 45.3 Å². The molecule has 1 atom stereocenters. The van der Waals surface area contributed by atoms with Gasteiger partial charge in [0.15, 0.2) is 0 Å². The van der Waals surface area contributed by atoms with Crippen LogP contribution < -0.4 is 10.1 Å². The number of carbonyl (C=O) groups excluding carboxylic acids is 2. The zero-order valence-corrected chi connectivity index (χ0v) is 23.6. The molecule has 4 rings (SSSR count). The number of amides is 3. The van der Waals surface area contributed by atoms with Gasteiger partial charge in [0, 0.05) is 35.8 Å². The van der Waals surface area contributed by atoms with Crippen molar-refractivity contribution >= 4 is 40.6 Å². The standard InChI is InChI=1S/C29H34ClN3O4S/c1-20(2)21-7-9-24(10-8-21)37-19-26-25-12-16-38-27(25)11-13-33(26)28(34)18-32(14-15-36-3)29(35)31-23-6-4-5-22(30)17-23/h4-10,12,16-17,20,26H,11,13-15,18-19H2,1-3H3,(H,31,35). The predicted molar refractivity (Wildman–Crippen MR) is 152 cm³/mol. The minimum Gasteiger partial charge on any atom is -0.491 e. The van der Waals surface area contributed by atoms with Crippen molar-refractivity contribution in [2.45, 2.75) is 32.2 Å². The van der Waals surface area contributed by atoms with E-state index in [0.29, 0.717) is 36.4 Å². The van der Waals surface area contributed by atoms with Crippen LogP contribution in [-0.2, 0) is 16.0 Å². The molecule has 0 spiro atoms. The lowest BCUT2D eigenvalue weighted by Crippen LogP contribution is -2.49. The fraction of sp³-hybridized carbons (Fsp3) is 0.379. The van der Waals surface area contributed by atoms with Crippen LogP contribution in [0, 0.1) is 0 Å². The summed E-state index contributed by atoms with van der Waals surface area (Å²) in [6, 6.07) is 16.5. The summed E-state index contributed by atoms with van der Waals surface area (Å²) >= 11 is 7.77. The van der Waals surface area contributed by atoms with Gasteiger partial charge in [0.2, 0.25) is 5.91 Å². The molecule has 0 aliphatic carbocycles. The van der Waals surface area contributed by atoms with Crippen LogP contribution in [-0.4, -0.2) is 61.7 Å². The van der Waals surface area contributed by atoms with Gasteiger partial charge in [-0.3, -0.25) is 4.79 Å². The molecule has 0 fully saturated rings. The molecule has 0 radical (unpaired) electrons. The van der Waals surface area contributed by atoms with Crippen molar-refractivity contribution in [1.82, 2.24) is 9.80 Å². The number of halogens is 1. The predicted octanol–water partition coefficient (Wildman–Crippen LogP) is 6.21. The number of carbonyl (C=O) groups is 2. The summed E-state index contributed by atoms with van der Waals surface area (Å²) in [5.74, 6) is 1.08. The van der Waals surface area contributed by atoms with Crippen molar-refractivity contribution in [1.29, 1.82) is 0 Å². The van der Waals surface area contributed by atoms with E-state index in [1.54, 1.807) is 42.7 Å². The quantitative estimate of drug-likeness (QED) is 0.323. The second kappa shape index (κ2) is 13.1. The Labute approximate surface area is 233 Å². The van der Waals surface area contributed by atoms with Gasteiger partial charge in [-0.1, -0.05) is 43.6 Å². The fourth-order valence-electron chi connectivity index (χ4n) is 4.48. The monoisotopic (exact) mass is 555 g/mol. The molecule has 202 valence electrons. The molecule has 2 heterocycles. The average molecular weight is 556 g/mol. The number of urea groups is 1. The van der Waals surface area contributed by atoms with E-state index < -0.39 is 0 Å². The number of nitrogens with one attached hydrogen (secondary N) is 1. The van der Waals surface area contributed by atoms with Gasteiger partial charge in [0.05, 0.1) is 12.6 Å². The van der Waals surface area contributed by atoms with Crippen molar-refractivity contribution < 1.29 is 19.1 Å². The maximum atomic E-state index is 13.6. The van der Waals surface area contributed by atoms with E-state index >= 15 is 0 Å². The van der Waals surface area contributed by atoms with Gasteiger partial charge in [0.1, 0.15) is 18.9 Å². The van der Waals surface area contributed by atoms with Gasteiger partial charge in [-0.15, -0.1) is 11.3 Å². The molecule has 0 bridgehead atoms. The second-order valence-electron chi connectivity index (χ2n) is 9.54. The van der Waals surface area contributed by atoms with Crippen molar-refractivity contribution in [3.05, 3.63) is 81.0 Å². The molecular weight excluding hydrogens is 522 g/mol. The van der Waals surface area contributed by atoms with E-state index in [2.05, 4.69) is 42.7 Å². The van der Waals surface area contributed by atoms with Crippen LogP contribution in [0.15, 0.2) is 60.0 Å². The molecule has 38 heavy (non-hydrogen) atoms. The molecule has 0 saturated carbocycles. The van der Waals surface area contributed by atoms with Crippen LogP contribution in [0.3, 0.4) is 0 Å². The Balaban J connectivity index is 1.47. The summed E-state index contributed by atoms with van der Waals surface area (Å²) < 4.78 is 11.4. The molecule has 7 nitrogen and oxygen atoms in total. The Hall–Kier alpha value is -3.07. The Kier molecular flexibility index (Phi) is 9.66. The first kappa shape index (κ1) is 28.0. The van der Waals surface area contributed by atoms with E-state index in [1.165, 1.54) is 15.3 Å². The van der Waals surface area contributed by atoms with Crippen molar-refractivity contribution in [3.63, 3.8) is 0 Å². The summed E-state index contributed by atoms with van der Waals surface area (Å²) in [5, 5.41) is 5.41. The van der Waals surface area contributed by atoms with Crippen LogP contribution in [0.2, 0.25) is 5.02 Å². The number of hydrogen-bond acceptors (Lipinski definition) is 5. The van der Waals surface area contributed by atoms with Gasteiger partial charge in [-0.25, -0.2) is 4.79 Å². The van der Waals surface area contributed by atoms with Crippen LogP contribution in [0.1, 0.15) is 41.8 Å². The molecule has 1 N–H and O–H groups in total. The minimum absolute atomic E-state index is 0.0746. The van der Waals surface area contributed by atoms with Crippen LogP contribution in [0.4, 0.5) is 10.5 Å². The first-order valence-corrected chi connectivity index (χ1v) is 14.0. The molecule has 3 aromatic rings. The summed E-state index contributed by atoms with van der Waals surface area (Å²) in [4.78, 5) is 31.3. The maximum Gasteiger partial charge on any atom is 0.322 e. The normalized spacial score (nSPS) is 14.8.